The van der Waals surface area contributed by atoms with Crippen molar-refractivity contribution in [2.75, 3.05) is 0 Å². The van der Waals surface area contributed by atoms with Gasteiger partial charge in [-0.05, 0) is 37.3 Å². The monoisotopic (exact) mass is 190 g/mol. The Morgan fingerprint density at radius 2 is 1.79 bits per heavy atom. The van der Waals surface area contributed by atoms with Gasteiger partial charge in [0.1, 0.15) is 0 Å². The summed E-state index contributed by atoms with van der Waals surface area (Å²) in [5.74, 6) is 0. The Bertz CT molecular complexity index is 310. The second kappa shape index (κ2) is 3.37. The molecule has 2 nitrogen and oxygen atoms in total. The molecule has 0 aromatic heterocycles. The third kappa shape index (κ3) is 1.56. The van der Waals surface area contributed by atoms with E-state index < -0.39 is 0 Å². The molecule has 1 saturated carbocycles. The van der Waals surface area contributed by atoms with Gasteiger partial charge in [-0.2, -0.15) is 0 Å². The fourth-order valence-electron chi connectivity index (χ4n) is 1.96. The largest absolute Gasteiger partial charge is 0.324 e. The van der Waals surface area contributed by atoms with Gasteiger partial charge in [0, 0.05) is 11.6 Å². The Labute approximate surface area is 85.3 Å². The van der Waals surface area contributed by atoms with Crippen molar-refractivity contribution in [2.45, 2.75) is 37.8 Å². The van der Waals surface area contributed by atoms with Crippen molar-refractivity contribution < 1.29 is 0 Å². The maximum Gasteiger partial charge on any atom is 0.0409 e. The standard InChI is InChI=1S/C12H18N2/c1-9(13)10-3-5-11(6-4-10)12(14)7-2-8-12/h3-6,9H,2,7-8,13-14H2,1H3. The van der Waals surface area contributed by atoms with Crippen LogP contribution in [0.2, 0.25) is 0 Å². The van der Waals surface area contributed by atoms with Gasteiger partial charge in [-0.3, -0.25) is 0 Å². The first kappa shape index (κ1) is 9.69. The fourth-order valence-corrected chi connectivity index (χ4v) is 1.96. The number of hydrogen-bond acceptors (Lipinski definition) is 2. The quantitative estimate of drug-likeness (QED) is 0.750. The summed E-state index contributed by atoms with van der Waals surface area (Å²) in [4.78, 5) is 0. The maximum absolute atomic E-state index is 6.22. The van der Waals surface area contributed by atoms with Crippen molar-refractivity contribution >= 4 is 0 Å². The minimum absolute atomic E-state index is 0.0453. The van der Waals surface area contributed by atoms with Crippen LogP contribution in [0.25, 0.3) is 0 Å². The molecule has 0 radical (unpaired) electrons. The summed E-state index contributed by atoms with van der Waals surface area (Å²) in [6.45, 7) is 2.00. The SMILES string of the molecule is CC(N)c1ccc(C2(N)CCC2)cc1. The molecule has 1 aliphatic rings. The highest BCUT2D eigenvalue weighted by Crippen LogP contribution is 2.38. The van der Waals surface area contributed by atoms with Gasteiger partial charge in [-0.15, -0.1) is 0 Å². The molecule has 4 N–H and O–H groups in total. The van der Waals surface area contributed by atoms with Gasteiger partial charge in [0.05, 0.1) is 0 Å². The zero-order chi connectivity index (χ0) is 10.2. The summed E-state index contributed by atoms with van der Waals surface area (Å²) >= 11 is 0. The molecule has 1 aliphatic carbocycles. The van der Waals surface area contributed by atoms with Crippen molar-refractivity contribution in [1.29, 1.82) is 0 Å². The minimum atomic E-state index is -0.0453. The Morgan fingerprint density at radius 3 is 2.14 bits per heavy atom. The summed E-state index contributed by atoms with van der Waals surface area (Å²) in [5.41, 5.74) is 14.4. The van der Waals surface area contributed by atoms with E-state index >= 15 is 0 Å². The molecule has 2 rings (SSSR count). The van der Waals surface area contributed by atoms with Gasteiger partial charge in [-0.25, -0.2) is 0 Å². The molecule has 1 unspecified atom stereocenters. The van der Waals surface area contributed by atoms with Gasteiger partial charge in [-0.1, -0.05) is 24.3 Å². The highest BCUT2D eigenvalue weighted by atomic mass is 14.8. The Balaban J connectivity index is 2.21. The third-order valence-electron chi connectivity index (χ3n) is 3.26. The average Bonchev–Trinajstić information content (AvgIpc) is 2.14. The van der Waals surface area contributed by atoms with Crippen LogP contribution in [0.4, 0.5) is 0 Å². The smallest absolute Gasteiger partial charge is 0.0409 e. The van der Waals surface area contributed by atoms with E-state index in [4.69, 9.17) is 11.5 Å². The first-order valence-electron chi connectivity index (χ1n) is 5.27. The lowest BCUT2D eigenvalue weighted by Gasteiger charge is -2.38. The summed E-state index contributed by atoms with van der Waals surface area (Å²) in [5, 5.41) is 0. The van der Waals surface area contributed by atoms with Crippen LogP contribution >= 0.6 is 0 Å². The number of hydrogen-bond donors (Lipinski definition) is 2. The normalized spacial score (nSPS) is 21.4. The first-order valence-corrected chi connectivity index (χ1v) is 5.27. The van der Waals surface area contributed by atoms with Gasteiger partial charge < -0.3 is 11.5 Å². The van der Waals surface area contributed by atoms with Gasteiger partial charge in [0.25, 0.3) is 0 Å². The van der Waals surface area contributed by atoms with Crippen molar-refractivity contribution in [3.63, 3.8) is 0 Å². The minimum Gasteiger partial charge on any atom is -0.324 e. The van der Waals surface area contributed by atoms with Gasteiger partial charge in [0.2, 0.25) is 0 Å². The number of benzene rings is 1. The molecule has 0 aliphatic heterocycles. The molecule has 2 heteroatoms. The second-order valence-corrected chi connectivity index (χ2v) is 4.42. The Kier molecular flexibility index (Phi) is 2.33. The molecular formula is C12H18N2. The van der Waals surface area contributed by atoms with Crippen molar-refractivity contribution in [2.24, 2.45) is 11.5 Å². The Hall–Kier alpha value is -0.860. The average molecular weight is 190 g/mol. The van der Waals surface area contributed by atoms with E-state index in [1.54, 1.807) is 0 Å². The molecule has 1 fully saturated rings. The van der Waals surface area contributed by atoms with E-state index in [0.29, 0.717) is 0 Å². The predicted molar refractivity (Wildman–Crippen MR) is 58.8 cm³/mol. The highest BCUT2D eigenvalue weighted by molar-refractivity contribution is 5.31. The van der Waals surface area contributed by atoms with Crippen LogP contribution in [-0.2, 0) is 5.54 Å². The van der Waals surface area contributed by atoms with Crippen LogP contribution in [0, 0.1) is 0 Å². The molecule has 14 heavy (non-hydrogen) atoms. The summed E-state index contributed by atoms with van der Waals surface area (Å²) in [6.07, 6.45) is 3.49. The van der Waals surface area contributed by atoms with E-state index in [-0.39, 0.29) is 11.6 Å². The second-order valence-electron chi connectivity index (χ2n) is 4.42. The Morgan fingerprint density at radius 1 is 1.21 bits per heavy atom. The van der Waals surface area contributed by atoms with E-state index in [2.05, 4.69) is 24.3 Å². The molecule has 1 aromatic carbocycles. The summed E-state index contributed by atoms with van der Waals surface area (Å²) in [7, 11) is 0. The zero-order valence-corrected chi connectivity index (χ0v) is 8.66. The lowest BCUT2D eigenvalue weighted by atomic mass is 9.72. The molecule has 1 aromatic rings. The molecule has 0 saturated heterocycles. The molecule has 76 valence electrons. The third-order valence-corrected chi connectivity index (χ3v) is 3.26. The lowest BCUT2D eigenvalue weighted by molar-refractivity contribution is 0.253. The van der Waals surface area contributed by atoms with Crippen molar-refractivity contribution in [1.82, 2.24) is 0 Å². The van der Waals surface area contributed by atoms with Crippen LogP contribution in [0.5, 0.6) is 0 Å². The summed E-state index contributed by atoms with van der Waals surface area (Å²) < 4.78 is 0. The summed E-state index contributed by atoms with van der Waals surface area (Å²) in [6, 6.07) is 8.54. The number of nitrogens with two attached hydrogens (primary N) is 2. The van der Waals surface area contributed by atoms with E-state index in [1.807, 2.05) is 6.92 Å². The van der Waals surface area contributed by atoms with Gasteiger partial charge >= 0.3 is 0 Å². The molecule has 0 spiro atoms. The van der Waals surface area contributed by atoms with Crippen LogP contribution in [-0.4, -0.2) is 0 Å². The lowest BCUT2D eigenvalue weighted by Crippen LogP contribution is -2.43. The zero-order valence-electron chi connectivity index (χ0n) is 8.66. The van der Waals surface area contributed by atoms with Crippen molar-refractivity contribution in [3.8, 4) is 0 Å². The molecule has 0 amide bonds. The van der Waals surface area contributed by atoms with E-state index in [0.717, 1.165) is 12.8 Å². The highest BCUT2D eigenvalue weighted by Gasteiger charge is 2.33. The number of rotatable bonds is 2. The predicted octanol–water partition coefficient (Wildman–Crippen LogP) is 2.04. The first-order chi connectivity index (χ1) is 6.62. The van der Waals surface area contributed by atoms with Crippen LogP contribution < -0.4 is 11.5 Å². The maximum atomic E-state index is 6.22. The van der Waals surface area contributed by atoms with Crippen LogP contribution in [0.1, 0.15) is 43.4 Å². The van der Waals surface area contributed by atoms with E-state index in [9.17, 15) is 0 Å². The van der Waals surface area contributed by atoms with E-state index in [1.165, 1.54) is 17.5 Å². The topological polar surface area (TPSA) is 52.0 Å². The van der Waals surface area contributed by atoms with Crippen molar-refractivity contribution in [3.05, 3.63) is 35.4 Å². The van der Waals surface area contributed by atoms with Crippen LogP contribution in [0.3, 0.4) is 0 Å². The molecule has 0 heterocycles. The molecular weight excluding hydrogens is 172 g/mol. The van der Waals surface area contributed by atoms with Crippen LogP contribution in [0.15, 0.2) is 24.3 Å². The van der Waals surface area contributed by atoms with Gasteiger partial charge in [0.15, 0.2) is 0 Å². The molecule has 0 bridgehead atoms. The molecule has 1 atom stereocenters. The fraction of sp³-hybridized carbons (Fsp3) is 0.500.